The number of rotatable bonds is 3. The first-order valence-electron chi connectivity index (χ1n) is 8.04. The average molecular weight is 381 g/mol. The Morgan fingerprint density at radius 3 is 2.74 bits per heavy atom. The van der Waals surface area contributed by atoms with E-state index in [-0.39, 0.29) is 10.6 Å². The Bertz CT molecular complexity index is 1220. The highest BCUT2D eigenvalue weighted by molar-refractivity contribution is 6.33. The van der Waals surface area contributed by atoms with Crippen LogP contribution in [-0.2, 0) is 7.05 Å². The van der Waals surface area contributed by atoms with Crippen LogP contribution in [0.5, 0.6) is 0 Å². The van der Waals surface area contributed by atoms with Crippen molar-refractivity contribution in [3.05, 3.63) is 59.3 Å². The minimum atomic E-state index is -0.450. The van der Waals surface area contributed by atoms with Gasteiger partial charge in [0.2, 0.25) is 0 Å². The molecule has 4 aromatic rings. The summed E-state index contributed by atoms with van der Waals surface area (Å²) in [6.45, 7) is 0. The fraction of sp³-hybridized carbons (Fsp3) is 0.0526. The van der Waals surface area contributed by atoms with Gasteiger partial charge in [0.15, 0.2) is 0 Å². The first-order valence-corrected chi connectivity index (χ1v) is 8.42. The molecule has 2 heterocycles. The second kappa shape index (κ2) is 6.44. The fourth-order valence-electron chi connectivity index (χ4n) is 3.01. The third kappa shape index (κ3) is 2.63. The van der Waals surface area contributed by atoms with Crippen LogP contribution < -0.4 is 5.73 Å². The van der Waals surface area contributed by atoms with Gasteiger partial charge in [-0.2, -0.15) is 0 Å². The largest absolute Gasteiger partial charge is 0.404 e. The van der Waals surface area contributed by atoms with E-state index in [2.05, 4.69) is 15.0 Å². The SMILES string of the molecule is Cn1c(-c2c(F)cccc2Cl)nc2c3nc(/C(C=N)=C/N)cnc3ccc21. The quantitative estimate of drug-likeness (QED) is 0.526. The van der Waals surface area contributed by atoms with Crippen molar-refractivity contribution in [1.82, 2.24) is 19.5 Å². The van der Waals surface area contributed by atoms with Crippen LogP contribution in [0.3, 0.4) is 0 Å². The van der Waals surface area contributed by atoms with Crippen molar-refractivity contribution in [2.75, 3.05) is 0 Å². The highest BCUT2D eigenvalue weighted by Gasteiger charge is 2.19. The maximum absolute atomic E-state index is 14.4. The monoisotopic (exact) mass is 380 g/mol. The van der Waals surface area contributed by atoms with Crippen molar-refractivity contribution < 1.29 is 4.39 Å². The average Bonchev–Trinajstić information content (AvgIpc) is 3.00. The van der Waals surface area contributed by atoms with E-state index >= 15 is 0 Å². The molecule has 0 amide bonds. The Balaban J connectivity index is 2.05. The van der Waals surface area contributed by atoms with Gasteiger partial charge in [-0.3, -0.25) is 4.98 Å². The molecule has 3 N–H and O–H groups in total. The molecule has 0 bridgehead atoms. The fourth-order valence-corrected chi connectivity index (χ4v) is 3.26. The Morgan fingerprint density at radius 2 is 2.04 bits per heavy atom. The third-order valence-electron chi connectivity index (χ3n) is 4.38. The molecule has 8 heteroatoms. The molecule has 0 radical (unpaired) electrons. The van der Waals surface area contributed by atoms with Crippen LogP contribution >= 0.6 is 11.6 Å². The molecule has 4 rings (SSSR count). The standard InChI is InChI=1S/C19H14ClFN6/c1-27-15-6-5-13-17(25-14(9-24-13)10(7-22)8-23)18(15)26-19(27)16-11(20)3-2-4-12(16)21/h2-9,22H,23H2,1H3/b10-8+,22-7?. The number of halogens is 2. The van der Waals surface area contributed by atoms with Gasteiger partial charge in [0, 0.05) is 25.0 Å². The van der Waals surface area contributed by atoms with E-state index in [1.807, 2.05) is 12.1 Å². The van der Waals surface area contributed by atoms with Crippen LogP contribution in [0.4, 0.5) is 4.39 Å². The van der Waals surface area contributed by atoms with Crippen LogP contribution in [0.15, 0.2) is 42.7 Å². The second-order valence-electron chi connectivity index (χ2n) is 5.91. The number of hydrogen-bond acceptors (Lipinski definition) is 5. The van der Waals surface area contributed by atoms with Gasteiger partial charge in [0.25, 0.3) is 0 Å². The highest BCUT2D eigenvalue weighted by Crippen LogP contribution is 2.33. The number of benzene rings is 2. The van der Waals surface area contributed by atoms with Gasteiger partial charge in [0.1, 0.15) is 22.7 Å². The van der Waals surface area contributed by atoms with Gasteiger partial charge in [-0.05, 0) is 24.3 Å². The van der Waals surface area contributed by atoms with E-state index in [9.17, 15) is 4.39 Å². The smallest absolute Gasteiger partial charge is 0.145 e. The summed E-state index contributed by atoms with van der Waals surface area (Å²) in [4.78, 5) is 13.6. The summed E-state index contributed by atoms with van der Waals surface area (Å²) < 4.78 is 16.2. The van der Waals surface area contributed by atoms with E-state index in [1.54, 1.807) is 29.9 Å². The first kappa shape index (κ1) is 17.1. The Labute approximate surface area is 158 Å². The maximum atomic E-state index is 14.4. The number of allylic oxidation sites excluding steroid dienone is 1. The molecule has 0 spiro atoms. The number of fused-ring (bicyclic) bond motifs is 3. The molecule has 0 fully saturated rings. The molecule has 2 aromatic heterocycles. The number of nitrogens with one attached hydrogen (secondary N) is 1. The molecule has 0 atom stereocenters. The first-order chi connectivity index (χ1) is 13.0. The minimum absolute atomic E-state index is 0.233. The number of imidazole rings is 1. The molecule has 0 unspecified atom stereocenters. The van der Waals surface area contributed by atoms with Gasteiger partial charge >= 0.3 is 0 Å². The summed E-state index contributed by atoms with van der Waals surface area (Å²) in [5.74, 6) is -0.0522. The third-order valence-corrected chi connectivity index (χ3v) is 4.70. The van der Waals surface area contributed by atoms with Crippen molar-refractivity contribution in [2.24, 2.45) is 12.8 Å². The molecule has 0 aliphatic rings. The Morgan fingerprint density at radius 1 is 1.22 bits per heavy atom. The molecular formula is C19H14ClFN6. The van der Waals surface area contributed by atoms with Gasteiger partial charge in [-0.25, -0.2) is 14.4 Å². The molecule has 0 aliphatic heterocycles. The summed E-state index contributed by atoms with van der Waals surface area (Å²) in [7, 11) is 1.79. The van der Waals surface area contributed by atoms with E-state index in [0.717, 1.165) is 11.7 Å². The lowest BCUT2D eigenvalue weighted by Gasteiger charge is -2.06. The van der Waals surface area contributed by atoms with Crippen LogP contribution in [0.25, 0.3) is 39.0 Å². The molecule has 0 saturated heterocycles. The van der Waals surface area contributed by atoms with Crippen molar-refractivity contribution in [3.63, 3.8) is 0 Å². The lowest BCUT2D eigenvalue weighted by Crippen LogP contribution is -1.97. The number of hydrogen-bond donors (Lipinski definition) is 2. The van der Waals surface area contributed by atoms with E-state index in [1.165, 1.54) is 12.3 Å². The maximum Gasteiger partial charge on any atom is 0.145 e. The number of nitrogens with zero attached hydrogens (tertiary/aromatic N) is 4. The second-order valence-corrected chi connectivity index (χ2v) is 6.32. The zero-order valence-corrected chi connectivity index (χ0v) is 15.0. The topological polar surface area (TPSA) is 93.5 Å². The summed E-state index contributed by atoms with van der Waals surface area (Å²) >= 11 is 6.22. The molecule has 6 nitrogen and oxygen atoms in total. The van der Waals surface area contributed by atoms with E-state index in [0.29, 0.717) is 33.6 Å². The molecule has 0 saturated carbocycles. The number of aromatic nitrogens is 4. The van der Waals surface area contributed by atoms with Crippen LogP contribution in [0.1, 0.15) is 5.69 Å². The summed E-state index contributed by atoms with van der Waals surface area (Å²) in [5.41, 5.74) is 9.20. The van der Waals surface area contributed by atoms with Crippen molar-refractivity contribution in [2.45, 2.75) is 0 Å². The lowest BCUT2D eigenvalue weighted by molar-refractivity contribution is 0.629. The minimum Gasteiger partial charge on any atom is -0.404 e. The van der Waals surface area contributed by atoms with Crippen molar-refractivity contribution in [3.8, 4) is 11.4 Å². The molecule has 0 aliphatic carbocycles. The van der Waals surface area contributed by atoms with Crippen molar-refractivity contribution in [1.29, 1.82) is 5.41 Å². The predicted octanol–water partition coefficient (Wildman–Crippen LogP) is 3.93. The van der Waals surface area contributed by atoms with Crippen molar-refractivity contribution >= 4 is 45.5 Å². The van der Waals surface area contributed by atoms with E-state index < -0.39 is 5.82 Å². The predicted molar refractivity (Wildman–Crippen MR) is 105 cm³/mol. The van der Waals surface area contributed by atoms with Crippen LogP contribution in [0.2, 0.25) is 5.02 Å². The molecule has 2 aromatic carbocycles. The van der Waals surface area contributed by atoms with Gasteiger partial charge in [-0.15, -0.1) is 0 Å². The van der Waals surface area contributed by atoms with Gasteiger partial charge in [0.05, 0.1) is 33.5 Å². The molecule has 134 valence electrons. The Kier molecular flexibility index (Phi) is 4.08. The van der Waals surface area contributed by atoms with Crippen LogP contribution in [0, 0.1) is 11.2 Å². The summed E-state index contributed by atoms with van der Waals surface area (Å²) in [5, 5.41) is 7.73. The Hall–Kier alpha value is -3.32. The lowest BCUT2D eigenvalue weighted by atomic mass is 10.2. The zero-order valence-electron chi connectivity index (χ0n) is 14.2. The normalized spacial score (nSPS) is 12.0. The van der Waals surface area contributed by atoms with E-state index in [4.69, 9.17) is 22.7 Å². The van der Waals surface area contributed by atoms with Gasteiger partial charge in [-0.1, -0.05) is 17.7 Å². The zero-order chi connectivity index (χ0) is 19.1. The molecule has 27 heavy (non-hydrogen) atoms. The van der Waals surface area contributed by atoms with Gasteiger partial charge < -0.3 is 15.7 Å². The molecular weight excluding hydrogens is 367 g/mol. The highest BCUT2D eigenvalue weighted by atomic mass is 35.5. The van der Waals surface area contributed by atoms with Crippen LogP contribution in [-0.4, -0.2) is 25.7 Å². The number of nitrogens with two attached hydrogens (primary N) is 1. The number of aryl methyl sites for hydroxylation is 1. The summed E-state index contributed by atoms with van der Waals surface area (Å²) in [6.07, 6.45) is 3.96. The summed E-state index contributed by atoms with van der Waals surface area (Å²) in [6, 6.07) is 8.19.